The van der Waals surface area contributed by atoms with Gasteiger partial charge in [0.15, 0.2) is 11.6 Å². The molecule has 1 aliphatic carbocycles. The summed E-state index contributed by atoms with van der Waals surface area (Å²) >= 11 is 0. The van der Waals surface area contributed by atoms with Crippen LogP contribution in [-0.2, 0) is 60.7 Å². The maximum atomic E-state index is 14.6. The quantitative estimate of drug-likeness (QED) is 0.0518. The predicted octanol–water partition coefficient (Wildman–Crippen LogP) is 3.38. The molecule has 2 aromatic rings. The lowest BCUT2D eigenvalue weighted by atomic mass is 9.88. The largest absolute Gasteiger partial charge is 0.508 e. The molecule has 6 unspecified atom stereocenters. The Balaban J connectivity index is 1.46. The zero-order valence-corrected chi connectivity index (χ0v) is 44.0. The Hall–Kier alpha value is -6.02. The van der Waals surface area contributed by atoms with E-state index in [9.17, 15) is 58.8 Å². The molecule has 19 heteroatoms. The summed E-state index contributed by atoms with van der Waals surface area (Å²) in [5.74, 6) is -9.02. The third kappa shape index (κ3) is 17.8. The van der Waals surface area contributed by atoms with Gasteiger partial charge in [-0.25, -0.2) is 4.79 Å². The first kappa shape index (κ1) is 60.5. The van der Waals surface area contributed by atoms with Crippen LogP contribution in [0.1, 0.15) is 110 Å². The molecule has 408 valence electrons. The van der Waals surface area contributed by atoms with Crippen LogP contribution < -0.4 is 16.0 Å². The van der Waals surface area contributed by atoms with Gasteiger partial charge in [-0.15, -0.1) is 0 Å². The molecule has 5 amide bonds. The molecule has 0 aromatic heterocycles. The van der Waals surface area contributed by atoms with Gasteiger partial charge in [-0.05, 0) is 85.3 Å². The van der Waals surface area contributed by atoms with Crippen LogP contribution in [0.2, 0.25) is 0 Å². The Morgan fingerprint density at radius 3 is 2.15 bits per heavy atom. The number of fused-ring (bicyclic) bond motifs is 1. The number of unbranched alkanes of at least 4 members (excludes halogenated alkanes) is 1. The van der Waals surface area contributed by atoms with Crippen LogP contribution in [0.15, 0.2) is 54.6 Å². The lowest BCUT2D eigenvalue weighted by molar-refractivity contribution is -0.150. The van der Waals surface area contributed by atoms with Gasteiger partial charge in [-0.2, -0.15) is 0 Å². The zero-order valence-electron chi connectivity index (χ0n) is 44.0. The molecular weight excluding hydrogens is 955 g/mol. The van der Waals surface area contributed by atoms with Crippen molar-refractivity contribution in [1.29, 1.82) is 0 Å². The normalized spacial score (nSPS) is 17.0. The number of ketones is 2. The number of phenols is 1. The topological polar surface area (TPSA) is 279 Å². The lowest BCUT2D eigenvalue weighted by Crippen LogP contribution is -2.56. The number of amides is 5. The second kappa shape index (κ2) is 29.8. The number of rotatable bonds is 32. The highest BCUT2D eigenvalue weighted by molar-refractivity contribution is 5.98. The SMILES string of the molecule is CCCCOCCOCC(=O)N[C@@H](CC(C)C)C(=O)CC(C(=O)N[C@H](C(=O)CC(CO)C(=O)N1CCCC1C(=O)N(C)C(CC1=CCc2ccccc21)C(=O)NC(Cc1ccc(O)cc1)C(=O)O)C(C)C)C(C)O. The van der Waals surface area contributed by atoms with Crippen LogP contribution in [0, 0.1) is 23.7 Å². The number of allylic oxidation sites excluding steroid dienone is 1. The molecule has 0 radical (unpaired) electrons. The minimum Gasteiger partial charge on any atom is -0.508 e. The van der Waals surface area contributed by atoms with Crippen molar-refractivity contribution >= 4 is 52.6 Å². The Morgan fingerprint density at radius 2 is 1.51 bits per heavy atom. The van der Waals surface area contributed by atoms with Gasteiger partial charge in [-0.1, -0.05) is 83.5 Å². The first-order chi connectivity index (χ1) is 35.2. The molecular formula is C55H79N5O14. The van der Waals surface area contributed by atoms with Crippen molar-refractivity contribution in [2.75, 3.05) is 46.6 Å². The number of carboxylic acids is 1. The first-order valence-electron chi connectivity index (χ1n) is 25.9. The summed E-state index contributed by atoms with van der Waals surface area (Å²) in [6.07, 6.45) is 2.86. The number of likely N-dealkylation sites (tertiary alicyclic amines) is 1. The van der Waals surface area contributed by atoms with Crippen molar-refractivity contribution < 1.29 is 68.3 Å². The van der Waals surface area contributed by atoms with Crippen molar-refractivity contribution in [3.63, 3.8) is 0 Å². The second-order valence-corrected chi connectivity index (χ2v) is 20.3. The number of carbonyl (C=O) groups excluding carboxylic acids is 7. The number of ether oxygens (including phenoxy) is 2. The first-order valence-corrected chi connectivity index (χ1v) is 25.9. The molecule has 0 bridgehead atoms. The van der Waals surface area contributed by atoms with Crippen LogP contribution in [-0.4, -0.2) is 160 Å². The number of carboxylic acid groups (broad SMARTS) is 1. The molecule has 19 nitrogen and oxygen atoms in total. The van der Waals surface area contributed by atoms with E-state index in [-0.39, 0.29) is 57.1 Å². The van der Waals surface area contributed by atoms with E-state index in [1.165, 1.54) is 35.9 Å². The van der Waals surface area contributed by atoms with Gasteiger partial charge in [0.1, 0.15) is 30.5 Å². The van der Waals surface area contributed by atoms with Gasteiger partial charge in [0.25, 0.3) is 0 Å². The molecule has 0 spiro atoms. The highest BCUT2D eigenvalue weighted by Gasteiger charge is 2.43. The second-order valence-electron chi connectivity index (χ2n) is 20.3. The van der Waals surface area contributed by atoms with Crippen LogP contribution in [0.25, 0.3) is 5.57 Å². The fourth-order valence-electron chi connectivity index (χ4n) is 9.34. The number of nitrogens with one attached hydrogen (secondary N) is 3. The third-order valence-corrected chi connectivity index (χ3v) is 13.6. The Morgan fingerprint density at radius 1 is 0.824 bits per heavy atom. The number of hydrogen-bond acceptors (Lipinski definition) is 13. The van der Waals surface area contributed by atoms with Crippen molar-refractivity contribution in [2.45, 2.75) is 142 Å². The van der Waals surface area contributed by atoms with Crippen molar-refractivity contribution in [3.05, 3.63) is 71.3 Å². The van der Waals surface area contributed by atoms with Crippen molar-refractivity contribution in [2.24, 2.45) is 23.7 Å². The van der Waals surface area contributed by atoms with Gasteiger partial charge in [0.05, 0.1) is 49.8 Å². The maximum absolute atomic E-state index is 14.6. The Bertz CT molecular complexity index is 2260. The summed E-state index contributed by atoms with van der Waals surface area (Å²) in [5.41, 5.74) is 3.23. The lowest BCUT2D eigenvalue weighted by Gasteiger charge is -2.34. The van der Waals surface area contributed by atoms with Gasteiger partial charge in [-0.3, -0.25) is 33.6 Å². The summed E-state index contributed by atoms with van der Waals surface area (Å²) in [4.78, 5) is 113. The fraction of sp³-hybridized carbons (Fsp3) is 0.600. The molecule has 2 aromatic carbocycles. The number of likely N-dealkylation sites (N-methyl/N-ethyl adjacent to an activating group) is 1. The summed E-state index contributed by atoms with van der Waals surface area (Å²) in [6, 6.07) is 7.60. The summed E-state index contributed by atoms with van der Waals surface area (Å²) in [5, 5.41) is 49.3. The smallest absolute Gasteiger partial charge is 0.326 e. The minimum absolute atomic E-state index is 0.0123. The highest BCUT2D eigenvalue weighted by atomic mass is 16.5. The standard InChI is InChI=1S/C55H79N5O14/c1-8-9-23-73-24-25-74-32-49(66)56-43(26-33(2)3)47(64)30-42(35(6)62)51(67)58-50(34(4)5)48(65)29-39(31-61)53(69)60-22-12-15-45(60)54(70)59(7)46(28-38-19-18-37-13-10-11-14-41(37)38)52(68)57-44(55(71)72)27-36-16-20-40(63)21-17-36/h10-11,13-14,16-17,19-21,33-35,39,42-46,50,61-63H,8-9,12,15,18,22-32H2,1-7H3,(H,56,66)(H,57,68)(H,58,67)(H,71,72)/t35?,39?,42?,43-,44?,45?,46?,50-/m0/s1. The molecule has 1 aliphatic heterocycles. The fourth-order valence-corrected chi connectivity index (χ4v) is 9.34. The summed E-state index contributed by atoms with van der Waals surface area (Å²) in [7, 11) is 1.42. The number of carbonyl (C=O) groups is 8. The highest BCUT2D eigenvalue weighted by Crippen LogP contribution is 2.33. The van der Waals surface area contributed by atoms with Crippen LogP contribution in [0.4, 0.5) is 0 Å². The molecule has 7 N–H and O–H groups in total. The number of aliphatic hydroxyl groups is 2. The molecule has 1 fully saturated rings. The number of aromatic hydroxyl groups is 1. The van der Waals surface area contributed by atoms with Gasteiger partial charge >= 0.3 is 5.97 Å². The van der Waals surface area contributed by atoms with E-state index in [1.807, 2.05) is 51.1 Å². The minimum atomic E-state index is -1.39. The molecule has 4 rings (SSSR count). The molecule has 1 saturated heterocycles. The van der Waals surface area contributed by atoms with E-state index in [0.29, 0.717) is 31.6 Å². The van der Waals surface area contributed by atoms with Gasteiger partial charge in [0, 0.05) is 45.9 Å². The van der Waals surface area contributed by atoms with Gasteiger partial charge in [0.2, 0.25) is 29.5 Å². The maximum Gasteiger partial charge on any atom is 0.326 e. The summed E-state index contributed by atoms with van der Waals surface area (Å²) in [6.45, 7) is 10.5. The molecule has 2 aliphatic rings. The average molecular weight is 1030 g/mol. The van der Waals surface area contributed by atoms with E-state index in [4.69, 9.17) is 9.47 Å². The molecule has 0 saturated carbocycles. The average Bonchev–Trinajstić information content (AvgIpc) is 4.02. The van der Waals surface area contributed by atoms with Crippen LogP contribution in [0.3, 0.4) is 0 Å². The number of hydrogen-bond donors (Lipinski definition) is 7. The molecule has 74 heavy (non-hydrogen) atoms. The molecule has 1 heterocycles. The number of nitrogens with zero attached hydrogens (tertiary/aromatic N) is 2. The van der Waals surface area contributed by atoms with Gasteiger partial charge < -0.3 is 55.7 Å². The Kier molecular flexibility index (Phi) is 24.3. The van der Waals surface area contributed by atoms with Crippen LogP contribution in [0.5, 0.6) is 5.75 Å². The van der Waals surface area contributed by atoms with E-state index >= 15 is 0 Å². The Labute approximate surface area is 434 Å². The van der Waals surface area contributed by atoms with Crippen molar-refractivity contribution in [3.8, 4) is 5.75 Å². The van der Waals surface area contributed by atoms with E-state index in [2.05, 4.69) is 16.0 Å². The predicted molar refractivity (Wildman–Crippen MR) is 275 cm³/mol. The van der Waals surface area contributed by atoms with E-state index in [1.54, 1.807) is 26.0 Å². The number of benzene rings is 2. The van der Waals surface area contributed by atoms with Crippen molar-refractivity contribution in [1.82, 2.24) is 25.8 Å². The van der Waals surface area contributed by atoms with E-state index < -0.39 is 121 Å². The summed E-state index contributed by atoms with van der Waals surface area (Å²) < 4.78 is 10.9. The number of phenolic OH excluding ortho intramolecular Hbond substituents is 1. The number of Topliss-reactive ketones (excluding diaryl/α,β-unsaturated/α-hetero) is 2. The number of aliphatic carboxylic acids is 1. The monoisotopic (exact) mass is 1030 g/mol. The third-order valence-electron chi connectivity index (χ3n) is 13.6. The van der Waals surface area contributed by atoms with Crippen LogP contribution >= 0.6 is 0 Å². The van der Waals surface area contributed by atoms with E-state index in [0.717, 1.165) is 29.5 Å². The number of aliphatic hydroxyl groups excluding tert-OH is 2. The zero-order chi connectivity index (χ0) is 54.6. The molecule has 8 atom stereocenters.